The number of aromatic amines is 1. The van der Waals surface area contributed by atoms with Crippen molar-refractivity contribution in [1.29, 1.82) is 0 Å². The Hall–Kier alpha value is -1.91. The van der Waals surface area contributed by atoms with Crippen LogP contribution in [0.25, 0.3) is 11.2 Å². The molecule has 0 amide bonds. The van der Waals surface area contributed by atoms with Crippen LogP contribution in [0.1, 0.15) is 48.3 Å². The second kappa shape index (κ2) is 4.99. The van der Waals surface area contributed by atoms with Gasteiger partial charge in [-0.05, 0) is 18.4 Å². The van der Waals surface area contributed by atoms with E-state index in [-0.39, 0.29) is 5.56 Å². The van der Waals surface area contributed by atoms with Crippen molar-refractivity contribution < 1.29 is 9.90 Å². The summed E-state index contributed by atoms with van der Waals surface area (Å²) in [6, 6.07) is 1.59. The van der Waals surface area contributed by atoms with Gasteiger partial charge in [0, 0.05) is 12.6 Å². The molecule has 2 N–H and O–H groups in total. The third-order valence-corrected chi connectivity index (χ3v) is 3.90. The van der Waals surface area contributed by atoms with Gasteiger partial charge in [0.2, 0.25) is 0 Å². The van der Waals surface area contributed by atoms with Crippen molar-refractivity contribution in [3.05, 3.63) is 23.7 Å². The predicted octanol–water partition coefficient (Wildman–Crippen LogP) is 2.78. The Bertz CT molecular complexity index is 600. The molecule has 3 rings (SSSR count). The van der Waals surface area contributed by atoms with Gasteiger partial charge < -0.3 is 10.1 Å². The Morgan fingerprint density at radius 2 is 2.21 bits per heavy atom. The van der Waals surface area contributed by atoms with Gasteiger partial charge in [-0.15, -0.1) is 0 Å². The highest BCUT2D eigenvalue weighted by molar-refractivity contribution is 5.90. The van der Waals surface area contributed by atoms with Gasteiger partial charge in [0.05, 0.1) is 11.1 Å². The molecule has 0 bridgehead atoms. The van der Waals surface area contributed by atoms with E-state index in [1.54, 1.807) is 6.07 Å². The van der Waals surface area contributed by atoms with E-state index in [0.29, 0.717) is 11.2 Å². The molecule has 0 aliphatic heterocycles. The fourth-order valence-corrected chi connectivity index (χ4v) is 2.83. The van der Waals surface area contributed by atoms with Gasteiger partial charge in [-0.1, -0.05) is 25.7 Å². The first-order valence-electron chi connectivity index (χ1n) is 6.80. The SMILES string of the molecule is O=C(O)c1cnc2nc(CCC3CCCC3)[nH]c2c1. The standard InChI is InChI=1S/C14H17N3O2/c18-14(19)10-7-11-13(15-8-10)17-12(16-11)6-5-9-3-1-2-4-9/h7-9H,1-6H2,(H,18,19)(H,15,16,17). The van der Waals surface area contributed by atoms with Gasteiger partial charge in [0.15, 0.2) is 5.65 Å². The van der Waals surface area contributed by atoms with Crippen molar-refractivity contribution in [2.75, 3.05) is 0 Å². The summed E-state index contributed by atoms with van der Waals surface area (Å²) in [5, 5.41) is 8.92. The molecule has 1 aliphatic rings. The minimum Gasteiger partial charge on any atom is -0.478 e. The number of carboxylic acids is 1. The number of carbonyl (C=O) groups is 1. The lowest BCUT2D eigenvalue weighted by Gasteiger charge is -2.05. The van der Waals surface area contributed by atoms with E-state index >= 15 is 0 Å². The molecule has 2 heterocycles. The lowest BCUT2D eigenvalue weighted by atomic mass is 10.0. The van der Waals surface area contributed by atoms with Crippen molar-refractivity contribution in [3.8, 4) is 0 Å². The minimum atomic E-state index is -0.962. The van der Waals surface area contributed by atoms with Gasteiger partial charge in [-0.25, -0.2) is 14.8 Å². The highest BCUT2D eigenvalue weighted by Gasteiger charge is 2.16. The average molecular weight is 259 g/mol. The Kier molecular flexibility index (Phi) is 3.19. The number of aromatic carboxylic acids is 1. The Morgan fingerprint density at radius 3 is 2.95 bits per heavy atom. The molecule has 0 unspecified atom stereocenters. The van der Waals surface area contributed by atoms with Gasteiger partial charge in [-0.2, -0.15) is 0 Å². The molecule has 100 valence electrons. The Morgan fingerprint density at radius 1 is 1.42 bits per heavy atom. The van der Waals surface area contributed by atoms with E-state index in [4.69, 9.17) is 5.11 Å². The Labute approximate surface area is 111 Å². The fourth-order valence-electron chi connectivity index (χ4n) is 2.83. The van der Waals surface area contributed by atoms with Crippen molar-refractivity contribution >= 4 is 17.1 Å². The van der Waals surface area contributed by atoms with E-state index in [1.807, 2.05) is 0 Å². The smallest absolute Gasteiger partial charge is 0.337 e. The summed E-state index contributed by atoms with van der Waals surface area (Å²) in [5.41, 5.74) is 1.51. The quantitative estimate of drug-likeness (QED) is 0.884. The van der Waals surface area contributed by atoms with Gasteiger partial charge in [-0.3, -0.25) is 0 Å². The fraction of sp³-hybridized carbons (Fsp3) is 0.500. The zero-order valence-electron chi connectivity index (χ0n) is 10.7. The zero-order valence-corrected chi connectivity index (χ0v) is 10.7. The molecule has 2 aromatic rings. The summed E-state index contributed by atoms with van der Waals surface area (Å²) in [5.74, 6) is 0.782. The molecule has 0 radical (unpaired) electrons. The number of hydrogen-bond donors (Lipinski definition) is 2. The van der Waals surface area contributed by atoms with Gasteiger partial charge in [0.25, 0.3) is 0 Å². The van der Waals surface area contributed by atoms with Crippen LogP contribution in [-0.2, 0) is 6.42 Å². The monoisotopic (exact) mass is 259 g/mol. The molecule has 1 aliphatic carbocycles. The maximum absolute atomic E-state index is 10.9. The number of pyridine rings is 1. The molecule has 5 nitrogen and oxygen atoms in total. The number of H-pyrrole nitrogens is 1. The molecule has 5 heteroatoms. The average Bonchev–Trinajstić information content (AvgIpc) is 3.04. The molecule has 0 spiro atoms. The van der Waals surface area contributed by atoms with Crippen LogP contribution >= 0.6 is 0 Å². The third-order valence-electron chi connectivity index (χ3n) is 3.90. The number of aryl methyl sites for hydroxylation is 1. The first-order chi connectivity index (χ1) is 9.22. The molecule has 0 saturated heterocycles. The van der Waals surface area contributed by atoms with Crippen LogP contribution < -0.4 is 0 Å². The van der Waals surface area contributed by atoms with E-state index in [2.05, 4.69) is 15.0 Å². The van der Waals surface area contributed by atoms with E-state index in [0.717, 1.165) is 24.6 Å². The van der Waals surface area contributed by atoms with Gasteiger partial charge >= 0.3 is 5.97 Å². The maximum atomic E-state index is 10.9. The van der Waals surface area contributed by atoms with Crippen LogP contribution in [0.3, 0.4) is 0 Å². The molecule has 1 saturated carbocycles. The molecule has 0 atom stereocenters. The number of imidazole rings is 1. The number of carboxylic acid groups (broad SMARTS) is 1. The largest absolute Gasteiger partial charge is 0.478 e. The van der Waals surface area contributed by atoms with Crippen LogP contribution in [0.4, 0.5) is 0 Å². The number of aromatic nitrogens is 3. The summed E-state index contributed by atoms with van der Waals surface area (Å²) in [6.45, 7) is 0. The number of rotatable bonds is 4. The highest BCUT2D eigenvalue weighted by atomic mass is 16.4. The van der Waals surface area contributed by atoms with Crippen LogP contribution in [0.2, 0.25) is 0 Å². The minimum absolute atomic E-state index is 0.193. The zero-order chi connectivity index (χ0) is 13.2. The normalized spacial score (nSPS) is 16.2. The molecule has 1 fully saturated rings. The molecule has 2 aromatic heterocycles. The number of fused-ring (bicyclic) bond motifs is 1. The third kappa shape index (κ3) is 2.59. The topological polar surface area (TPSA) is 78.9 Å². The van der Waals surface area contributed by atoms with Crippen molar-refractivity contribution in [2.45, 2.75) is 38.5 Å². The maximum Gasteiger partial charge on any atom is 0.337 e. The summed E-state index contributed by atoms with van der Waals surface area (Å²) < 4.78 is 0. The second-order valence-electron chi connectivity index (χ2n) is 5.27. The van der Waals surface area contributed by atoms with E-state index in [1.165, 1.54) is 31.9 Å². The molecular formula is C14H17N3O2. The molecule has 0 aromatic carbocycles. The van der Waals surface area contributed by atoms with Gasteiger partial charge in [0.1, 0.15) is 5.82 Å². The Balaban J connectivity index is 1.75. The summed E-state index contributed by atoms with van der Waals surface area (Å²) in [4.78, 5) is 22.5. The number of nitrogens with zero attached hydrogens (tertiary/aromatic N) is 2. The van der Waals surface area contributed by atoms with Crippen molar-refractivity contribution in [1.82, 2.24) is 15.0 Å². The number of hydrogen-bond acceptors (Lipinski definition) is 3. The lowest BCUT2D eigenvalue weighted by Crippen LogP contribution is -1.97. The summed E-state index contributed by atoms with van der Waals surface area (Å²) in [6.07, 6.45) is 8.81. The van der Waals surface area contributed by atoms with Crippen LogP contribution in [-0.4, -0.2) is 26.0 Å². The van der Waals surface area contributed by atoms with Crippen LogP contribution in [0, 0.1) is 5.92 Å². The molecule has 19 heavy (non-hydrogen) atoms. The second-order valence-corrected chi connectivity index (χ2v) is 5.27. The van der Waals surface area contributed by atoms with Crippen LogP contribution in [0.15, 0.2) is 12.3 Å². The van der Waals surface area contributed by atoms with Crippen molar-refractivity contribution in [2.24, 2.45) is 5.92 Å². The first-order valence-corrected chi connectivity index (χ1v) is 6.80. The summed E-state index contributed by atoms with van der Waals surface area (Å²) >= 11 is 0. The summed E-state index contributed by atoms with van der Waals surface area (Å²) in [7, 11) is 0. The van der Waals surface area contributed by atoms with E-state index in [9.17, 15) is 4.79 Å². The van der Waals surface area contributed by atoms with E-state index < -0.39 is 5.97 Å². The molecular weight excluding hydrogens is 242 g/mol. The van der Waals surface area contributed by atoms with Crippen LogP contribution in [0.5, 0.6) is 0 Å². The lowest BCUT2D eigenvalue weighted by molar-refractivity contribution is 0.0696. The van der Waals surface area contributed by atoms with Crippen molar-refractivity contribution in [3.63, 3.8) is 0 Å². The number of nitrogens with one attached hydrogen (secondary N) is 1. The highest BCUT2D eigenvalue weighted by Crippen LogP contribution is 2.28. The first kappa shape index (κ1) is 12.1. The predicted molar refractivity (Wildman–Crippen MR) is 71.1 cm³/mol.